The van der Waals surface area contributed by atoms with Gasteiger partial charge in [0.05, 0.1) is 12.6 Å². The summed E-state index contributed by atoms with van der Waals surface area (Å²) < 4.78 is 0. The van der Waals surface area contributed by atoms with Crippen LogP contribution in [0.5, 0.6) is 0 Å². The molecule has 0 heterocycles. The molecule has 1 fully saturated rings. The first kappa shape index (κ1) is 13.6. The molecule has 2 rings (SSSR count). The first-order chi connectivity index (χ1) is 8.63. The number of aliphatic hydroxyl groups is 1. The molecule has 1 unspecified atom stereocenters. The highest BCUT2D eigenvalue weighted by atomic mass is 16.3. The van der Waals surface area contributed by atoms with E-state index in [2.05, 4.69) is 31.3 Å². The van der Waals surface area contributed by atoms with E-state index in [1.54, 1.807) is 0 Å². The molecule has 1 saturated carbocycles. The predicted molar refractivity (Wildman–Crippen MR) is 75.4 cm³/mol. The molecule has 1 aromatic carbocycles. The van der Waals surface area contributed by atoms with E-state index in [-0.39, 0.29) is 12.6 Å². The number of benzene rings is 1. The minimum Gasteiger partial charge on any atom is -0.394 e. The van der Waals surface area contributed by atoms with E-state index < -0.39 is 0 Å². The topological polar surface area (TPSA) is 32.3 Å². The Morgan fingerprint density at radius 1 is 1.28 bits per heavy atom. The van der Waals surface area contributed by atoms with Gasteiger partial charge in [0, 0.05) is 6.04 Å². The quantitative estimate of drug-likeness (QED) is 0.856. The Morgan fingerprint density at radius 3 is 2.61 bits per heavy atom. The fourth-order valence-corrected chi connectivity index (χ4v) is 2.99. The summed E-state index contributed by atoms with van der Waals surface area (Å²) in [5.74, 6) is 0. The van der Waals surface area contributed by atoms with Crippen molar-refractivity contribution >= 4 is 0 Å². The zero-order chi connectivity index (χ0) is 13.0. The van der Waals surface area contributed by atoms with Crippen LogP contribution in [0.15, 0.2) is 30.3 Å². The molecule has 100 valence electrons. The van der Waals surface area contributed by atoms with Gasteiger partial charge in [0.25, 0.3) is 0 Å². The molecule has 1 aliphatic rings. The number of rotatable bonds is 4. The highest BCUT2D eigenvalue weighted by Gasteiger charge is 2.33. The molecule has 0 saturated heterocycles. The van der Waals surface area contributed by atoms with Gasteiger partial charge in [-0.2, -0.15) is 0 Å². The molecule has 0 amide bonds. The predicted octanol–water partition coefficient (Wildman–Crippen LogP) is 3.28. The third-order valence-corrected chi connectivity index (χ3v) is 4.29. The Kier molecular flexibility index (Phi) is 4.41. The van der Waals surface area contributed by atoms with Gasteiger partial charge >= 0.3 is 0 Å². The maximum absolute atomic E-state index is 9.62. The minimum absolute atomic E-state index is 0.0635. The minimum atomic E-state index is 0.0635. The number of hydrogen-bond acceptors (Lipinski definition) is 2. The zero-order valence-electron chi connectivity index (χ0n) is 11.5. The highest BCUT2D eigenvalue weighted by molar-refractivity contribution is 5.19. The molecule has 0 bridgehead atoms. The standard InChI is InChI=1S/C16H25NO/c1-16(2)11-7-6-10-15(16)17-14(12-18)13-8-4-3-5-9-13/h3-5,8-9,14-15,17-18H,6-7,10-12H2,1-2H3/t14-,15?/m0/s1. The van der Waals surface area contributed by atoms with E-state index in [1.807, 2.05) is 18.2 Å². The second-order valence-electron chi connectivity index (χ2n) is 6.10. The van der Waals surface area contributed by atoms with Crippen LogP contribution in [0.25, 0.3) is 0 Å². The average Bonchev–Trinajstić information content (AvgIpc) is 2.38. The van der Waals surface area contributed by atoms with Crippen LogP contribution >= 0.6 is 0 Å². The molecule has 2 nitrogen and oxygen atoms in total. The van der Waals surface area contributed by atoms with Crippen molar-refractivity contribution in [3.63, 3.8) is 0 Å². The molecule has 0 aromatic heterocycles. The van der Waals surface area contributed by atoms with Crippen LogP contribution in [0.1, 0.15) is 51.1 Å². The monoisotopic (exact) mass is 247 g/mol. The zero-order valence-corrected chi connectivity index (χ0v) is 11.5. The first-order valence-corrected chi connectivity index (χ1v) is 7.05. The maximum atomic E-state index is 9.62. The van der Waals surface area contributed by atoms with Crippen LogP contribution in [0.3, 0.4) is 0 Å². The summed E-state index contributed by atoms with van der Waals surface area (Å²) in [6.07, 6.45) is 5.13. The maximum Gasteiger partial charge on any atom is 0.0626 e. The summed E-state index contributed by atoms with van der Waals surface area (Å²) in [5, 5.41) is 13.3. The summed E-state index contributed by atoms with van der Waals surface area (Å²) in [5.41, 5.74) is 1.52. The van der Waals surface area contributed by atoms with Gasteiger partial charge in [-0.25, -0.2) is 0 Å². The van der Waals surface area contributed by atoms with Gasteiger partial charge in [-0.15, -0.1) is 0 Å². The van der Waals surface area contributed by atoms with Gasteiger partial charge in [0.15, 0.2) is 0 Å². The van der Waals surface area contributed by atoms with Gasteiger partial charge in [0.2, 0.25) is 0 Å². The molecule has 0 radical (unpaired) electrons. The van der Waals surface area contributed by atoms with Crippen molar-refractivity contribution in [3.05, 3.63) is 35.9 Å². The second-order valence-corrected chi connectivity index (χ2v) is 6.10. The molecule has 18 heavy (non-hydrogen) atoms. The molecule has 0 spiro atoms. The van der Waals surface area contributed by atoms with Crippen molar-refractivity contribution in [1.82, 2.24) is 5.32 Å². The SMILES string of the molecule is CC1(C)CCCCC1N[C@@H](CO)c1ccccc1. The van der Waals surface area contributed by atoms with Crippen molar-refractivity contribution in [2.45, 2.75) is 51.6 Å². The summed E-state index contributed by atoms with van der Waals surface area (Å²) in [6.45, 7) is 4.84. The van der Waals surface area contributed by atoms with Crippen LogP contribution in [0.4, 0.5) is 0 Å². The fraction of sp³-hybridized carbons (Fsp3) is 0.625. The van der Waals surface area contributed by atoms with Crippen molar-refractivity contribution in [3.8, 4) is 0 Å². The Bertz CT molecular complexity index is 361. The van der Waals surface area contributed by atoms with Crippen molar-refractivity contribution in [2.75, 3.05) is 6.61 Å². The lowest BCUT2D eigenvalue weighted by molar-refractivity contribution is 0.135. The number of hydrogen-bond donors (Lipinski definition) is 2. The van der Waals surface area contributed by atoms with E-state index in [4.69, 9.17) is 0 Å². The molecule has 1 aromatic rings. The molecule has 0 aliphatic heterocycles. The Hall–Kier alpha value is -0.860. The van der Waals surface area contributed by atoms with E-state index in [0.717, 1.165) is 0 Å². The van der Waals surface area contributed by atoms with Crippen LogP contribution in [-0.4, -0.2) is 17.8 Å². The summed E-state index contributed by atoms with van der Waals surface area (Å²) >= 11 is 0. The summed E-state index contributed by atoms with van der Waals surface area (Å²) in [4.78, 5) is 0. The Balaban J connectivity index is 2.06. The van der Waals surface area contributed by atoms with Gasteiger partial charge in [0.1, 0.15) is 0 Å². The second kappa shape index (κ2) is 5.85. The van der Waals surface area contributed by atoms with Crippen molar-refractivity contribution in [1.29, 1.82) is 0 Å². The van der Waals surface area contributed by atoms with E-state index >= 15 is 0 Å². The molecule has 2 heteroatoms. The number of nitrogens with one attached hydrogen (secondary N) is 1. The van der Waals surface area contributed by atoms with Crippen LogP contribution < -0.4 is 5.32 Å². The molecule has 2 atom stereocenters. The molecule has 2 N–H and O–H groups in total. The van der Waals surface area contributed by atoms with Crippen molar-refractivity contribution < 1.29 is 5.11 Å². The van der Waals surface area contributed by atoms with Crippen LogP contribution in [0.2, 0.25) is 0 Å². The highest BCUT2D eigenvalue weighted by Crippen LogP contribution is 2.36. The van der Waals surface area contributed by atoms with E-state index in [0.29, 0.717) is 11.5 Å². The largest absolute Gasteiger partial charge is 0.394 e. The van der Waals surface area contributed by atoms with Crippen LogP contribution in [0, 0.1) is 5.41 Å². The van der Waals surface area contributed by atoms with Gasteiger partial charge in [-0.05, 0) is 23.8 Å². The lowest BCUT2D eigenvalue weighted by atomic mass is 9.73. The summed E-state index contributed by atoms with van der Waals surface area (Å²) in [6, 6.07) is 10.8. The van der Waals surface area contributed by atoms with E-state index in [9.17, 15) is 5.11 Å². The fourth-order valence-electron chi connectivity index (χ4n) is 2.99. The molecular weight excluding hydrogens is 222 g/mol. The van der Waals surface area contributed by atoms with Gasteiger partial charge < -0.3 is 10.4 Å². The lowest BCUT2D eigenvalue weighted by Crippen LogP contribution is -2.46. The van der Waals surface area contributed by atoms with Gasteiger partial charge in [-0.1, -0.05) is 57.0 Å². The van der Waals surface area contributed by atoms with Crippen LogP contribution in [-0.2, 0) is 0 Å². The lowest BCUT2D eigenvalue weighted by Gasteiger charge is -2.41. The normalized spacial score (nSPS) is 24.7. The van der Waals surface area contributed by atoms with E-state index in [1.165, 1.54) is 31.2 Å². The van der Waals surface area contributed by atoms with Gasteiger partial charge in [-0.3, -0.25) is 0 Å². The smallest absolute Gasteiger partial charge is 0.0626 e. The average molecular weight is 247 g/mol. The summed E-state index contributed by atoms with van der Waals surface area (Å²) in [7, 11) is 0. The Labute approximate surface area is 110 Å². The molecular formula is C16H25NO. The van der Waals surface area contributed by atoms with Crippen molar-refractivity contribution in [2.24, 2.45) is 5.41 Å². The first-order valence-electron chi connectivity index (χ1n) is 7.05. The third kappa shape index (κ3) is 3.12. The number of aliphatic hydroxyl groups excluding tert-OH is 1. The molecule has 1 aliphatic carbocycles. The third-order valence-electron chi connectivity index (χ3n) is 4.29. The Morgan fingerprint density at radius 2 is 2.00 bits per heavy atom.